The van der Waals surface area contributed by atoms with Crippen molar-refractivity contribution >= 4 is 5.91 Å². The molecule has 4 nitrogen and oxygen atoms in total. The van der Waals surface area contributed by atoms with Crippen molar-refractivity contribution < 1.29 is 18.0 Å². The summed E-state index contributed by atoms with van der Waals surface area (Å²) >= 11 is 0. The molecule has 1 amide bonds. The first-order valence-corrected chi connectivity index (χ1v) is 5.99. The molecule has 0 atom stereocenters. The van der Waals surface area contributed by atoms with E-state index in [9.17, 15) is 22.8 Å². The summed E-state index contributed by atoms with van der Waals surface area (Å²) < 4.78 is 37.7. The molecule has 0 aliphatic rings. The number of H-pyrrole nitrogens is 1. The molecule has 0 saturated carbocycles. The van der Waals surface area contributed by atoms with Gasteiger partial charge in [0.05, 0.1) is 5.56 Å². The Morgan fingerprint density at radius 1 is 1.19 bits per heavy atom. The number of amides is 1. The number of hydrogen-bond donors (Lipinski definition) is 2. The zero-order valence-corrected chi connectivity index (χ0v) is 10.7. The standard InChI is InChI=1S/C14H11F3N2O2/c15-14(16,17)11-3-1-2-9(6-11)8-19-13(21)10-4-5-18-12(20)7-10/h1-7H,8H2,(H,18,20)(H,19,21). The summed E-state index contributed by atoms with van der Waals surface area (Å²) in [6, 6.07) is 7.20. The van der Waals surface area contributed by atoms with Crippen LogP contribution in [0, 0.1) is 0 Å². The van der Waals surface area contributed by atoms with Gasteiger partial charge in [0, 0.05) is 24.4 Å². The summed E-state index contributed by atoms with van der Waals surface area (Å²) in [5, 5.41) is 2.46. The maximum atomic E-state index is 12.6. The topological polar surface area (TPSA) is 62.0 Å². The van der Waals surface area contributed by atoms with E-state index < -0.39 is 23.2 Å². The molecule has 1 aromatic heterocycles. The molecule has 1 aromatic carbocycles. The quantitative estimate of drug-likeness (QED) is 0.913. The predicted molar refractivity (Wildman–Crippen MR) is 69.7 cm³/mol. The van der Waals surface area contributed by atoms with E-state index in [-0.39, 0.29) is 12.1 Å². The van der Waals surface area contributed by atoms with Crippen LogP contribution in [0.15, 0.2) is 47.4 Å². The van der Waals surface area contributed by atoms with Crippen molar-refractivity contribution in [1.82, 2.24) is 10.3 Å². The first-order valence-electron chi connectivity index (χ1n) is 5.99. The molecule has 1 heterocycles. The Bertz CT molecular complexity index is 708. The molecule has 0 bridgehead atoms. The zero-order valence-electron chi connectivity index (χ0n) is 10.7. The molecular formula is C14H11F3N2O2. The number of carbonyl (C=O) groups is 1. The van der Waals surface area contributed by atoms with Gasteiger partial charge in [0.25, 0.3) is 5.91 Å². The highest BCUT2D eigenvalue weighted by Crippen LogP contribution is 2.29. The molecule has 2 aromatic rings. The van der Waals surface area contributed by atoms with Crippen LogP contribution in [0.1, 0.15) is 21.5 Å². The second kappa shape index (κ2) is 5.82. The number of nitrogens with one attached hydrogen (secondary N) is 2. The van der Waals surface area contributed by atoms with Crippen LogP contribution in [0.25, 0.3) is 0 Å². The van der Waals surface area contributed by atoms with E-state index in [1.54, 1.807) is 0 Å². The van der Waals surface area contributed by atoms with Crippen molar-refractivity contribution in [3.8, 4) is 0 Å². The third-order valence-electron chi connectivity index (χ3n) is 2.74. The van der Waals surface area contributed by atoms with E-state index >= 15 is 0 Å². The monoisotopic (exact) mass is 296 g/mol. The lowest BCUT2D eigenvalue weighted by atomic mass is 10.1. The molecule has 0 aliphatic carbocycles. The highest BCUT2D eigenvalue weighted by molar-refractivity contribution is 5.93. The summed E-state index contributed by atoms with van der Waals surface area (Å²) in [5.41, 5.74) is -0.735. The van der Waals surface area contributed by atoms with Gasteiger partial charge in [0.2, 0.25) is 5.56 Å². The Balaban J connectivity index is 2.07. The van der Waals surface area contributed by atoms with Crippen molar-refractivity contribution in [1.29, 1.82) is 0 Å². The van der Waals surface area contributed by atoms with Gasteiger partial charge in [-0.1, -0.05) is 12.1 Å². The number of benzene rings is 1. The zero-order chi connectivity index (χ0) is 15.5. The lowest BCUT2D eigenvalue weighted by Crippen LogP contribution is -2.24. The molecule has 110 valence electrons. The van der Waals surface area contributed by atoms with Crippen LogP contribution < -0.4 is 10.9 Å². The van der Waals surface area contributed by atoms with Crippen LogP contribution in [0.2, 0.25) is 0 Å². The van der Waals surface area contributed by atoms with Crippen LogP contribution in [-0.4, -0.2) is 10.9 Å². The summed E-state index contributed by atoms with van der Waals surface area (Å²) in [7, 11) is 0. The van der Waals surface area contributed by atoms with E-state index in [4.69, 9.17) is 0 Å². The SMILES string of the molecule is O=C(NCc1cccc(C(F)(F)F)c1)c1cc[nH]c(=O)c1. The Hall–Kier alpha value is -2.57. The molecule has 2 rings (SSSR count). The first-order chi connectivity index (χ1) is 9.86. The minimum absolute atomic E-state index is 0.0600. The van der Waals surface area contributed by atoms with Gasteiger partial charge < -0.3 is 10.3 Å². The smallest absolute Gasteiger partial charge is 0.348 e. The maximum Gasteiger partial charge on any atom is 0.416 e. The third-order valence-corrected chi connectivity index (χ3v) is 2.74. The molecule has 0 unspecified atom stereocenters. The van der Waals surface area contributed by atoms with E-state index in [1.807, 2.05) is 0 Å². The van der Waals surface area contributed by atoms with Crippen molar-refractivity contribution in [2.45, 2.75) is 12.7 Å². The minimum Gasteiger partial charge on any atom is -0.348 e. The largest absolute Gasteiger partial charge is 0.416 e. The van der Waals surface area contributed by atoms with Crippen LogP contribution >= 0.6 is 0 Å². The highest BCUT2D eigenvalue weighted by Gasteiger charge is 2.30. The van der Waals surface area contributed by atoms with Gasteiger partial charge in [-0.3, -0.25) is 9.59 Å². The number of pyridine rings is 1. The van der Waals surface area contributed by atoms with E-state index in [0.29, 0.717) is 5.56 Å². The predicted octanol–water partition coefficient (Wildman–Crippen LogP) is 2.32. The minimum atomic E-state index is -4.42. The van der Waals surface area contributed by atoms with E-state index in [1.165, 1.54) is 24.4 Å². The molecule has 0 saturated heterocycles. The van der Waals surface area contributed by atoms with E-state index in [0.717, 1.165) is 18.2 Å². The molecule has 21 heavy (non-hydrogen) atoms. The fraction of sp³-hybridized carbons (Fsp3) is 0.143. The number of aromatic amines is 1. The van der Waals surface area contributed by atoms with Gasteiger partial charge in [0.1, 0.15) is 0 Å². The highest BCUT2D eigenvalue weighted by atomic mass is 19.4. The van der Waals surface area contributed by atoms with Gasteiger partial charge in [-0.05, 0) is 23.8 Å². The fourth-order valence-electron chi connectivity index (χ4n) is 1.73. The average molecular weight is 296 g/mol. The molecule has 0 aliphatic heterocycles. The maximum absolute atomic E-state index is 12.6. The van der Waals surface area contributed by atoms with Gasteiger partial charge in [0.15, 0.2) is 0 Å². The second-order valence-electron chi connectivity index (χ2n) is 4.32. The number of rotatable bonds is 3. The number of halogens is 3. The van der Waals surface area contributed by atoms with Gasteiger partial charge in [-0.25, -0.2) is 0 Å². The van der Waals surface area contributed by atoms with Crippen molar-refractivity contribution in [3.05, 3.63) is 69.6 Å². The number of aromatic nitrogens is 1. The van der Waals surface area contributed by atoms with Crippen molar-refractivity contribution in [3.63, 3.8) is 0 Å². The summed E-state index contributed by atoms with van der Waals surface area (Å²) in [6.07, 6.45) is -3.10. The second-order valence-corrected chi connectivity index (χ2v) is 4.32. The first kappa shape index (κ1) is 14.8. The molecule has 0 radical (unpaired) electrons. The lowest BCUT2D eigenvalue weighted by Gasteiger charge is -2.09. The Morgan fingerprint density at radius 2 is 1.95 bits per heavy atom. The van der Waals surface area contributed by atoms with Gasteiger partial charge in [-0.2, -0.15) is 13.2 Å². The van der Waals surface area contributed by atoms with Gasteiger partial charge >= 0.3 is 6.18 Å². The lowest BCUT2D eigenvalue weighted by molar-refractivity contribution is -0.137. The van der Waals surface area contributed by atoms with Crippen molar-refractivity contribution in [2.24, 2.45) is 0 Å². The van der Waals surface area contributed by atoms with Crippen LogP contribution in [0.4, 0.5) is 13.2 Å². The van der Waals surface area contributed by atoms with Crippen LogP contribution in [-0.2, 0) is 12.7 Å². The summed E-state index contributed by atoms with van der Waals surface area (Å²) in [4.78, 5) is 25.2. The van der Waals surface area contributed by atoms with E-state index in [2.05, 4.69) is 10.3 Å². The van der Waals surface area contributed by atoms with Crippen LogP contribution in [0.3, 0.4) is 0 Å². The Morgan fingerprint density at radius 3 is 2.62 bits per heavy atom. The van der Waals surface area contributed by atoms with Crippen molar-refractivity contribution in [2.75, 3.05) is 0 Å². The Labute approximate surface area is 117 Å². The Kier molecular flexibility index (Phi) is 4.11. The third kappa shape index (κ3) is 3.95. The summed E-state index contributed by atoms with van der Waals surface area (Å²) in [6.45, 7) is -0.0600. The molecule has 2 N–H and O–H groups in total. The van der Waals surface area contributed by atoms with Crippen LogP contribution in [0.5, 0.6) is 0 Å². The molecular weight excluding hydrogens is 285 g/mol. The van der Waals surface area contributed by atoms with Gasteiger partial charge in [-0.15, -0.1) is 0 Å². The average Bonchev–Trinajstić information content (AvgIpc) is 2.44. The number of hydrogen-bond acceptors (Lipinski definition) is 2. The summed E-state index contributed by atoms with van der Waals surface area (Å²) in [5.74, 6) is -0.529. The number of carbonyl (C=O) groups excluding carboxylic acids is 1. The number of alkyl halides is 3. The normalized spacial score (nSPS) is 11.2. The molecule has 7 heteroatoms. The fourth-order valence-corrected chi connectivity index (χ4v) is 1.73. The molecule has 0 fully saturated rings. The molecule has 0 spiro atoms.